The molecule has 0 spiro atoms. The zero-order valence-corrected chi connectivity index (χ0v) is 10.9. The Balaban J connectivity index is 2.86. The minimum absolute atomic E-state index is 0.0837. The molecule has 0 radical (unpaired) electrons. The molecule has 0 aliphatic carbocycles. The Morgan fingerprint density at radius 1 is 1.41 bits per heavy atom. The van der Waals surface area contributed by atoms with Crippen LogP contribution in [-0.4, -0.2) is 27.3 Å². The maximum Gasteiger partial charge on any atom is 0.233 e. The minimum Gasteiger partial charge on any atom is -0.494 e. The molecule has 1 aromatic rings. The van der Waals surface area contributed by atoms with Gasteiger partial charge in [0, 0.05) is 6.54 Å². The van der Waals surface area contributed by atoms with Gasteiger partial charge in [-0.1, -0.05) is 0 Å². The highest BCUT2D eigenvalue weighted by Crippen LogP contribution is 2.22. The molecular weight excluding hydrogens is 240 g/mol. The van der Waals surface area contributed by atoms with Crippen molar-refractivity contribution in [2.24, 2.45) is 5.73 Å². The Morgan fingerprint density at radius 2 is 2.12 bits per heavy atom. The van der Waals surface area contributed by atoms with E-state index in [1.807, 2.05) is 13.8 Å². The maximum absolute atomic E-state index is 11.5. The van der Waals surface area contributed by atoms with Crippen LogP contribution in [0.25, 0.3) is 0 Å². The molecule has 0 aromatic heterocycles. The SMILES string of the molecule is CCOc1ccc(NS(=O)(=O)CCN)c(C)c1. The molecule has 5 nitrogen and oxygen atoms in total. The Kier molecular flexibility index (Phi) is 4.77. The van der Waals surface area contributed by atoms with Crippen LogP contribution in [0.1, 0.15) is 12.5 Å². The summed E-state index contributed by atoms with van der Waals surface area (Å²) < 4.78 is 30.9. The molecule has 0 saturated carbocycles. The lowest BCUT2D eigenvalue weighted by molar-refractivity contribution is 0.340. The number of rotatable bonds is 6. The van der Waals surface area contributed by atoms with Crippen molar-refractivity contribution in [3.05, 3.63) is 23.8 Å². The van der Waals surface area contributed by atoms with Crippen molar-refractivity contribution in [3.63, 3.8) is 0 Å². The van der Waals surface area contributed by atoms with Gasteiger partial charge in [-0.3, -0.25) is 4.72 Å². The number of benzene rings is 1. The minimum atomic E-state index is -3.35. The number of hydrogen-bond acceptors (Lipinski definition) is 4. The molecule has 1 aromatic carbocycles. The molecule has 0 aliphatic rings. The van der Waals surface area contributed by atoms with Crippen LogP contribution < -0.4 is 15.2 Å². The second kappa shape index (κ2) is 5.88. The third-order valence-electron chi connectivity index (χ3n) is 2.16. The molecule has 0 saturated heterocycles. The molecule has 0 heterocycles. The normalized spacial score (nSPS) is 11.2. The van der Waals surface area contributed by atoms with Crippen molar-refractivity contribution < 1.29 is 13.2 Å². The van der Waals surface area contributed by atoms with Crippen molar-refractivity contribution in [2.75, 3.05) is 23.6 Å². The highest BCUT2D eigenvalue weighted by atomic mass is 32.2. The fraction of sp³-hybridized carbons (Fsp3) is 0.455. The standard InChI is InChI=1S/C11H18N2O3S/c1-3-16-10-4-5-11(9(2)8-10)13-17(14,15)7-6-12/h4-5,8,13H,3,6-7,12H2,1-2H3. The van der Waals surface area contributed by atoms with E-state index in [2.05, 4.69) is 4.72 Å². The molecule has 0 bridgehead atoms. The van der Waals surface area contributed by atoms with Crippen molar-refractivity contribution in [1.82, 2.24) is 0 Å². The average Bonchev–Trinajstić information content (AvgIpc) is 2.22. The van der Waals surface area contributed by atoms with Gasteiger partial charge in [0.05, 0.1) is 18.0 Å². The molecular formula is C11H18N2O3S. The second-order valence-corrected chi connectivity index (χ2v) is 5.46. The van der Waals surface area contributed by atoms with Gasteiger partial charge in [0.15, 0.2) is 0 Å². The Hall–Kier alpha value is -1.27. The largest absolute Gasteiger partial charge is 0.494 e. The number of aryl methyl sites for hydroxylation is 1. The Morgan fingerprint density at radius 3 is 2.65 bits per heavy atom. The van der Waals surface area contributed by atoms with E-state index in [4.69, 9.17) is 10.5 Å². The van der Waals surface area contributed by atoms with E-state index in [0.29, 0.717) is 12.3 Å². The fourth-order valence-corrected chi connectivity index (χ4v) is 2.36. The molecule has 0 atom stereocenters. The zero-order valence-electron chi connectivity index (χ0n) is 10.1. The summed E-state index contributed by atoms with van der Waals surface area (Å²) in [4.78, 5) is 0. The first-order valence-corrected chi connectivity index (χ1v) is 7.07. The number of hydrogen-bond donors (Lipinski definition) is 2. The van der Waals surface area contributed by atoms with Crippen LogP contribution in [0.4, 0.5) is 5.69 Å². The molecule has 17 heavy (non-hydrogen) atoms. The first-order valence-electron chi connectivity index (χ1n) is 5.42. The lowest BCUT2D eigenvalue weighted by Crippen LogP contribution is -2.22. The lowest BCUT2D eigenvalue weighted by Gasteiger charge is -2.11. The molecule has 0 aliphatic heterocycles. The summed E-state index contributed by atoms with van der Waals surface area (Å²) in [7, 11) is -3.35. The van der Waals surface area contributed by atoms with Gasteiger partial charge in [0.25, 0.3) is 0 Å². The van der Waals surface area contributed by atoms with Crippen molar-refractivity contribution in [1.29, 1.82) is 0 Å². The number of anilines is 1. The molecule has 0 fully saturated rings. The van der Waals surface area contributed by atoms with Gasteiger partial charge >= 0.3 is 0 Å². The predicted octanol–water partition coefficient (Wildman–Crippen LogP) is 1.09. The number of ether oxygens (including phenoxy) is 1. The van der Waals surface area contributed by atoms with Gasteiger partial charge in [-0.2, -0.15) is 0 Å². The maximum atomic E-state index is 11.5. The summed E-state index contributed by atoms with van der Waals surface area (Å²) >= 11 is 0. The first kappa shape index (κ1) is 13.8. The molecule has 3 N–H and O–H groups in total. The highest BCUT2D eigenvalue weighted by Gasteiger charge is 2.10. The fourth-order valence-electron chi connectivity index (χ4n) is 1.38. The number of sulfonamides is 1. The van der Waals surface area contributed by atoms with Crippen LogP contribution in [0.2, 0.25) is 0 Å². The van der Waals surface area contributed by atoms with Crippen molar-refractivity contribution in [2.45, 2.75) is 13.8 Å². The topological polar surface area (TPSA) is 81.4 Å². The molecule has 96 valence electrons. The zero-order chi connectivity index (χ0) is 12.9. The smallest absolute Gasteiger partial charge is 0.233 e. The first-order chi connectivity index (χ1) is 7.98. The quantitative estimate of drug-likeness (QED) is 0.800. The van der Waals surface area contributed by atoms with Gasteiger partial charge in [-0.25, -0.2) is 8.42 Å². The van der Waals surface area contributed by atoms with Crippen LogP contribution in [-0.2, 0) is 10.0 Å². The van der Waals surface area contributed by atoms with Gasteiger partial charge < -0.3 is 10.5 Å². The predicted molar refractivity (Wildman–Crippen MR) is 68.8 cm³/mol. The molecule has 1 rings (SSSR count). The second-order valence-electron chi connectivity index (χ2n) is 3.62. The monoisotopic (exact) mass is 258 g/mol. The highest BCUT2D eigenvalue weighted by molar-refractivity contribution is 7.92. The Labute approximate surface area is 102 Å². The van der Waals surface area contributed by atoms with E-state index in [-0.39, 0.29) is 12.3 Å². The van der Waals surface area contributed by atoms with Gasteiger partial charge in [-0.05, 0) is 37.6 Å². The van der Waals surface area contributed by atoms with Gasteiger partial charge in [0.1, 0.15) is 5.75 Å². The van der Waals surface area contributed by atoms with E-state index in [1.165, 1.54) is 0 Å². The Bertz CT molecular complexity index is 472. The molecule has 0 unspecified atom stereocenters. The van der Waals surface area contributed by atoms with Crippen molar-refractivity contribution >= 4 is 15.7 Å². The molecule has 6 heteroatoms. The third kappa shape index (κ3) is 4.24. The van der Waals surface area contributed by atoms with Crippen LogP contribution in [0, 0.1) is 6.92 Å². The summed E-state index contributed by atoms with van der Waals surface area (Å²) in [6, 6.07) is 5.22. The number of nitrogens with one attached hydrogen (secondary N) is 1. The van der Waals surface area contributed by atoms with E-state index in [9.17, 15) is 8.42 Å². The lowest BCUT2D eigenvalue weighted by atomic mass is 10.2. The van der Waals surface area contributed by atoms with Crippen LogP contribution in [0.5, 0.6) is 5.75 Å². The average molecular weight is 258 g/mol. The van der Waals surface area contributed by atoms with E-state index >= 15 is 0 Å². The summed E-state index contributed by atoms with van der Waals surface area (Å²) in [5.74, 6) is 0.645. The summed E-state index contributed by atoms with van der Waals surface area (Å²) in [5, 5.41) is 0. The third-order valence-corrected chi connectivity index (χ3v) is 3.46. The van der Waals surface area contributed by atoms with E-state index in [1.54, 1.807) is 18.2 Å². The van der Waals surface area contributed by atoms with Gasteiger partial charge in [-0.15, -0.1) is 0 Å². The number of nitrogens with two attached hydrogens (primary N) is 1. The van der Waals surface area contributed by atoms with Crippen LogP contribution >= 0.6 is 0 Å². The van der Waals surface area contributed by atoms with Gasteiger partial charge in [0.2, 0.25) is 10.0 Å². The molecule has 0 amide bonds. The summed E-state index contributed by atoms with van der Waals surface area (Å²) in [5.41, 5.74) is 6.60. The van der Waals surface area contributed by atoms with E-state index < -0.39 is 10.0 Å². The van der Waals surface area contributed by atoms with Crippen LogP contribution in [0.15, 0.2) is 18.2 Å². The summed E-state index contributed by atoms with van der Waals surface area (Å²) in [6.07, 6.45) is 0. The van der Waals surface area contributed by atoms with Crippen LogP contribution in [0.3, 0.4) is 0 Å². The summed E-state index contributed by atoms with van der Waals surface area (Å²) in [6.45, 7) is 4.40. The van der Waals surface area contributed by atoms with E-state index in [0.717, 1.165) is 11.3 Å². The van der Waals surface area contributed by atoms with Crippen molar-refractivity contribution in [3.8, 4) is 5.75 Å².